The Labute approximate surface area is 113 Å². The van der Waals surface area contributed by atoms with E-state index >= 15 is 0 Å². The lowest BCUT2D eigenvalue weighted by atomic mass is 10.1. The molecule has 3 nitrogen and oxygen atoms in total. The van der Waals surface area contributed by atoms with Crippen LogP contribution in [0.15, 0.2) is 34.5 Å². The largest absolute Gasteiger partial charge is 0.309 e. The first-order chi connectivity index (χ1) is 8.31. The molecule has 0 aliphatic rings. The van der Waals surface area contributed by atoms with Crippen LogP contribution in [0.5, 0.6) is 0 Å². The van der Waals surface area contributed by atoms with Crippen molar-refractivity contribution in [2.75, 3.05) is 6.54 Å². The van der Waals surface area contributed by atoms with Crippen LogP contribution in [-0.4, -0.2) is 16.5 Å². The molecule has 0 spiro atoms. The Hall–Kier alpha value is -0.780. The van der Waals surface area contributed by atoms with E-state index in [1.165, 1.54) is 4.88 Å². The molecule has 2 rings (SSSR count). The standard InChI is InChI=1S/C12H14BrN3S/c1-2-15-11(6-9-7-14-8-17-9)12-10(13)4-3-5-16-12/h3-5,7-8,11,15H,2,6H2,1H3. The van der Waals surface area contributed by atoms with E-state index in [0.717, 1.165) is 23.1 Å². The summed E-state index contributed by atoms with van der Waals surface area (Å²) in [5, 5.41) is 3.46. The number of hydrogen-bond donors (Lipinski definition) is 1. The first kappa shape index (κ1) is 12.7. The molecule has 2 heterocycles. The molecule has 90 valence electrons. The van der Waals surface area contributed by atoms with Crippen LogP contribution in [0.1, 0.15) is 23.5 Å². The number of likely N-dealkylation sites (N-methyl/N-ethyl adjacent to an activating group) is 1. The van der Waals surface area contributed by atoms with Gasteiger partial charge in [-0.3, -0.25) is 9.97 Å². The zero-order valence-electron chi connectivity index (χ0n) is 9.56. The van der Waals surface area contributed by atoms with Gasteiger partial charge in [0, 0.05) is 28.2 Å². The van der Waals surface area contributed by atoms with E-state index in [-0.39, 0.29) is 6.04 Å². The summed E-state index contributed by atoms with van der Waals surface area (Å²) in [6.07, 6.45) is 4.68. The van der Waals surface area contributed by atoms with Crippen molar-refractivity contribution in [3.63, 3.8) is 0 Å². The van der Waals surface area contributed by atoms with Gasteiger partial charge in [0.2, 0.25) is 0 Å². The molecule has 0 aromatic carbocycles. The Bertz CT molecular complexity index is 459. The number of pyridine rings is 1. The van der Waals surface area contributed by atoms with Gasteiger partial charge in [0.05, 0.1) is 17.2 Å². The molecule has 1 atom stereocenters. The molecule has 1 N–H and O–H groups in total. The van der Waals surface area contributed by atoms with Crippen LogP contribution in [-0.2, 0) is 6.42 Å². The van der Waals surface area contributed by atoms with Crippen LogP contribution in [0, 0.1) is 0 Å². The highest BCUT2D eigenvalue weighted by molar-refractivity contribution is 9.10. The van der Waals surface area contributed by atoms with Gasteiger partial charge in [-0.25, -0.2) is 0 Å². The number of halogens is 1. The SMILES string of the molecule is CCNC(Cc1cncs1)c1ncccc1Br. The molecule has 0 saturated carbocycles. The normalized spacial score (nSPS) is 12.6. The number of hydrogen-bond acceptors (Lipinski definition) is 4. The van der Waals surface area contributed by atoms with Crippen LogP contribution in [0.2, 0.25) is 0 Å². The Morgan fingerprint density at radius 3 is 3.06 bits per heavy atom. The number of rotatable bonds is 5. The topological polar surface area (TPSA) is 37.8 Å². The molecule has 0 saturated heterocycles. The van der Waals surface area contributed by atoms with Gasteiger partial charge in [-0.1, -0.05) is 6.92 Å². The Balaban J connectivity index is 2.20. The molecule has 17 heavy (non-hydrogen) atoms. The van der Waals surface area contributed by atoms with Crippen molar-refractivity contribution in [3.05, 3.63) is 45.1 Å². The van der Waals surface area contributed by atoms with E-state index < -0.39 is 0 Å². The van der Waals surface area contributed by atoms with Gasteiger partial charge in [0.15, 0.2) is 0 Å². The average Bonchev–Trinajstić information content (AvgIpc) is 2.82. The monoisotopic (exact) mass is 311 g/mol. The summed E-state index contributed by atoms with van der Waals surface area (Å²) in [7, 11) is 0. The quantitative estimate of drug-likeness (QED) is 0.921. The van der Waals surface area contributed by atoms with Gasteiger partial charge in [-0.05, 0) is 34.6 Å². The molecular formula is C12H14BrN3S. The summed E-state index contributed by atoms with van der Waals surface area (Å²) in [6.45, 7) is 3.03. The second kappa shape index (κ2) is 6.23. The highest BCUT2D eigenvalue weighted by Crippen LogP contribution is 2.24. The maximum Gasteiger partial charge on any atom is 0.0794 e. The van der Waals surface area contributed by atoms with E-state index in [0.29, 0.717) is 0 Å². The Morgan fingerprint density at radius 1 is 1.53 bits per heavy atom. The van der Waals surface area contributed by atoms with Gasteiger partial charge in [0.1, 0.15) is 0 Å². The Kier molecular flexibility index (Phi) is 4.65. The van der Waals surface area contributed by atoms with Crippen LogP contribution >= 0.6 is 27.3 Å². The summed E-state index contributed by atoms with van der Waals surface area (Å²) in [5.74, 6) is 0. The lowest BCUT2D eigenvalue weighted by Gasteiger charge is -2.17. The third-order valence-corrected chi connectivity index (χ3v) is 3.93. The van der Waals surface area contributed by atoms with E-state index in [2.05, 4.69) is 38.1 Å². The van der Waals surface area contributed by atoms with Gasteiger partial charge < -0.3 is 5.32 Å². The number of thiazole rings is 1. The zero-order chi connectivity index (χ0) is 12.1. The third kappa shape index (κ3) is 3.34. The summed E-state index contributed by atoms with van der Waals surface area (Å²) in [5.41, 5.74) is 2.92. The number of nitrogens with zero attached hydrogens (tertiary/aromatic N) is 2. The molecular weight excluding hydrogens is 298 g/mol. The summed E-state index contributed by atoms with van der Waals surface area (Å²) >= 11 is 5.24. The maximum absolute atomic E-state index is 4.45. The molecule has 0 bridgehead atoms. The third-order valence-electron chi connectivity index (χ3n) is 2.46. The Morgan fingerprint density at radius 2 is 2.41 bits per heavy atom. The minimum Gasteiger partial charge on any atom is -0.309 e. The van der Waals surface area contributed by atoms with E-state index in [1.54, 1.807) is 11.3 Å². The summed E-state index contributed by atoms with van der Waals surface area (Å²) in [6, 6.07) is 4.19. The van der Waals surface area contributed by atoms with E-state index in [1.807, 2.05) is 30.0 Å². The van der Waals surface area contributed by atoms with E-state index in [9.17, 15) is 0 Å². The fraction of sp³-hybridized carbons (Fsp3) is 0.333. The van der Waals surface area contributed by atoms with Crippen molar-refractivity contribution in [2.24, 2.45) is 0 Å². The fourth-order valence-corrected chi connectivity index (χ4v) is 2.88. The molecule has 2 aromatic rings. The second-order valence-electron chi connectivity index (χ2n) is 3.65. The first-order valence-electron chi connectivity index (χ1n) is 5.52. The van der Waals surface area contributed by atoms with Crippen molar-refractivity contribution in [2.45, 2.75) is 19.4 Å². The number of nitrogens with one attached hydrogen (secondary N) is 1. The average molecular weight is 312 g/mol. The molecule has 0 fully saturated rings. The molecule has 0 amide bonds. The molecule has 0 radical (unpaired) electrons. The molecule has 0 aliphatic heterocycles. The second-order valence-corrected chi connectivity index (χ2v) is 5.48. The van der Waals surface area contributed by atoms with Crippen LogP contribution in [0.4, 0.5) is 0 Å². The maximum atomic E-state index is 4.45. The van der Waals surface area contributed by atoms with Crippen molar-refractivity contribution in [1.82, 2.24) is 15.3 Å². The molecule has 1 unspecified atom stereocenters. The molecule has 2 aromatic heterocycles. The van der Waals surface area contributed by atoms with Gasteiger partial charge in [0.25, 0.3) is 0 Å². The van der Waals surface area contributed by atoms with Gasteiger partial charge in [-0.2, -0.15) is 0 Å². The minimum absolute atomic E-state index is 0.232. The smallest absolute Gasteiger partial charge is 0.0794 e. The highest BCUT2D eigenvalue weighted by Gasteiger charge is 2.15. The van der Waals surface area contributed by atoms with E-state index in [4.69, 9.17) is 0 Å². The van der Waals surface area contributed by atoms with Crippen molar-refractivity contribution in [1.29, 1.82) is 0 Å². The zero-order valence-corrected chi connectivity index (χ0v) is 12.0. The van der Waals surface area contributed by atoms with Crippen LogP contribution < -0.4 is 5.32 Å². The minimum atomic E-state index is 0.232. The van der Waals surface area contributed by atoms with Crippen molar-refractivity contribution < 1.29 is 0 Å². The lowest BCUT2D eigenvalue weighted by Crippen LogP contribution is -2.24. The van der Waals surface area contributed by atoms with Gasteiger partial charge >= 0.3 is 0 Å². The number of aromatic nitrogens is 2. The molecule has 5 heteroatoms. The lowest BCUT2D eigenvalue weighted by molar-refractivity contribution is 0.537. The van der Waals surface area contributed by atoms with Crippen molar-refractivity contribution in [3.8, 4) is 0 Å². The molecule has 0 aliphatic carbocycles. The fourth-order valence-electron chi connectivity index (χ4n) is 1.71. The van der Waals surface area contributed by atoms with Gasteiger partial charge in [-0.15, -0.1) is 11.3 Å². The first-order valence-corrected chi connectivity index (χ1v) is 7.19. The van der Waals surface area contributed by atoms with Crippen molar-refractivity contribution >= 4 is 27.3 Å². The highest BCUT2D eigenvalue weighted by atomic mass is 79.9. The van der Waals surface area contributed by atoms with Crippen LogP contribution in [0.3, 0.4) is 0 Å². The predicted octanol–water partition coefficient (Wildman–Crippen LogP) is 3.19. The van der Waals surface area contributed by atoms with Crippen LogP contribution in [0.25, 0.3) is 0 Å². The summed E-state index contributed by atoms with van der Waals surface area (Å²) in [4.78, 5) is 9.83. The predicted molar refractivity (Wildman–Crippen MR) is 74.2 cm³/mol. The summed E-state index contributed by atoms with van der Waals surface area (Å²) < 4.78 is 1.05.